The van der Waals surface area contributed by atoms with Crippen LogP contribution in [0.25, 0.3) is 0 Å². The fourth-order valence-electron chi connectivity index (χ4n) is 2.35. The van der Waals surface area contributed by atoms with Crippen molar-refractivity contribution in [3.05, 3.63) is 0 Å². The van der Waals surface area contributed by atoms with Crippen LogP contribution in [0.1, 0.15) is 45.4 Å². The molecular weight excluding hydrogens is 162 g/mol. The summed E-state index contributed by atoms with van der Waals surface area (Å²) in [6, 6.07) is 0.380. The molecule has 0 aliphatic heterocycles. The van der Waals surface area contributed by atoms with Crippen molar-refractivity contribution in [1.82, 2.24) is 0 Å². The smallest absolute Gasteiger partial charge is 0.0462 e. The second-order valence-electron chi connectivity index (χ2n) is 4.60. The normalized spacial score (nSPS) is 23.3. The molecule has 1 saturated carbocycles. The highest BCUT2D eigenvalue weighted by atomic mass is 16.5. The van der Waals surface area contributed by atoms with Crippen molar-refractivity contribution < 1.29 is 4.74 Å². The Kier molecular flexibility index (Phi) is 4.20. The summed E-state index contributed by atoms with van der Waals surface area (Å²) in [5, 5.41) is 0. The Labute approximate surface area is 81.8 Å². The van der Waals surface area contributed by atoms with Crippen LogP contribution in [0, 0.1) is 5.41 Å². The molecule has 2 nitrogen and oxygen atoms in total. The minimum atomic E-state index is 0.380. The topological polar surface area (TPSA) is 35.2 Å². The maximum atomic E-state index is 6.20. The summed E-state index contributed by atoms with van der Waals surface area (Å²) >= 11 is 0. The molecule has 13 heavy (non-hydrogen) atoms. The first kappa shape index (κ1) is 11.0. The molecule has 0 spiro atoms. The summed E-state index contributed by atoms with van der Waals surface area (Å²) in [5.41, 5.74) is 6.62. The third-order valence-corrected chi connectivity index (χ3v) is 3.50. The number of hydrogen-bond acceptors (Lipinski definition) is 2. The molecule has 1 unspecified atom stereocenters. The van der Waals surface area contributed by atoms with Gasteiger partial charge in [0.1, 0.15) is 0 Å². The summed E-state index contributed by atoms with van der Waals surface area (Å²) in [4.78, 5) is 0. The maximum Gasteiger partial charge on any atom is 0.0462 e. The monoisotopic (exact) mass is 185 g/mol. The molecule has 0 aromatic rings. The lowest BCUT2D eigenvalue weighted by Crippen LogP contribution is -2.37. The lowest BCUT2D eigenvalue weighted by Gasteiger charge is -2.31. The molecule has 0 bridgehead atoms. The SMILES string of the molecule is COCCCC(N)C1(C)CCCC1. The van der Waals surface area contributed by atoms with Crippen LogP contribution in [0.4, 0.5) is 0 Å². The molecule has 1 rings (SSSR count). The molecule has 0 saturated heterocycles. The van der Waals surface area contributed by atoms with Crippen molar-refractivity contribution in [1.29, 1.82) is 0 Å². The van der Waals surface area contributed by atoms with Gasteiger partial charge in [0.25, 0.3) is 0 Å². The predicted octanol–water partition coefficient (Wildman–Crippen LogP) is 2.32. The van der Waals surface area contributed by atoms with Crippen LogP contribution in [0.5, 0.6) is 0 Å². The van der Waals surface area contributed by atoms with Crippen LogP contribution in [-0.2, 0) is 4.74 Å². The fraction of sp³-hybridized carbons (Fsp3) is 1.00. The Morgan fingerprint density at radius 1 is 1.38 bits per heavy atom. The van der Waals surface area contributed by atoms with E-state index in [1.807, 2.05) is 0 Å². The van der Waals surface area contributed by atoms with Gasteiger partial charge in [0.2, 0.25) is 0 Å². The molecule has 0 heterocycles. The molecule has 1 aliphatic rings. The highest BCUT2D eigenvalue weighted by Gasteiger charge is 2.34. The van der Waals surface area contributed by atoms with Gasteiger partial charge >= 0.3 is 0 Å². The second-order valence-corrected chi connectivity index (χ2v) is 4.60. The maximum absolute atomic E-state index is 6.20. The highest BCUT2D eigenvalue weighted by Crippen LogP contribution is 2.40. The molecule has 1 aliphatic carbocycles. The van der Waals surface area contributed by atoms with E-state index >= 15 is 0 Å². The van der Waals surface area contributed by atoms with Gasteiger partial charge in [-0.15, -0.1) is 0 Å². The van der Waals surface area contributed by atoms with Gasteiger partial charge in [-0.25, -0.2) is 0 Å². The van der Waals surface area contributed by atoms with E-state index in [9.17, 15) is 0 Å². The summed E-state index contributed by atoms with van der Waals surface area (Å²) in [6.45, 7) is 3.20. The van der Waals surface area contributed by atoms with E-state index in [1.165, 1.54) is 25.7 Å². The predicted molar refractivity (Wildman–Crippen MR) is 55.7 cm³/mol. The Bertz CT molecular complexity index is 141. The van der Waals surface area contributed by atoms with Gasteiger partial charge in [0, 0.05) is 19.8 Å². The van der Waals surface area contributed by atoms with Gasteiger partial charge < -0.3 is 10.5 Å². The molecule has 1 fully saturated rings. The zero-order valence-corrected chi connectivity index (χ0v) is 9.01. The Hall–Kier alpha value is -0.0800. The summed E-state index contributed by atoms with van der Waals surface area (Å²) in [7, 11) is 1.75. The lowest BCUT2D eigenvalue weighted by molar-refractivity contribution is 0.175. The van der Waals surface area contributed by atoms with Crippen LogP contribution in [0.15, 0.2) is 0 Å². The van der Waals surface area contributed by atoms with Crippen molar-refractivity contribution in [3.8, 4) is 0 Å². The standard InChI is InChI=1S/C11H23NO/c1-11(7-3-4-8-11)10(12)6-5-9-13-2/h10H,3-9,12H2,1-2H3. The summed E-state index contributed by atoms with van der Waals surface area (Å²) in [5.74, 6) is 0. The first-order chi connectivity index (χ1) is 6.19. The molecule has 0 amide bonds. The second kappa shape index (κ2) is 4.97. The highest BCUT2D eigenvalue weighted by molar-refractivity contribution is 4.89. The lowest BCUT2D eigenvalue weighted by atomic mass is 9.79. The van der Waals surface area contributed by atoms with Gasteiger partial charge in [0.15, 0.2) is 0 Å². The molecule has 0 aromatic heterocycles. The van der Waals surface area contributed by atoms with Crippen LogP contribution in [0.3, 0.4) is 0 Å². The fourth-order valence-corrected chi connectivity index (χ4v) is 2.35. The van der Waals surface area contributed by atoms with Crippen molar-refractivity contribution in [2.75, 3.05) is 13.7 Å². The van der Waals surface area contributed by atoms with Gasteiger partial charge in [-0.05, 0) is 31.1 Å². The molecule has 1 atom stereocenters. The van der Waals surface area contributed by atoms with Crippen LogP contribution in [-0.4, -0.2) is 19.8 Å². The average molecular weight is 185 g/mol. The average Bonchev–Trinajstić information content (AvgIpc) is 2.54. The molecule has 78 valence electrons. The van der Waals surface area contributed by atoms with E-state index in [2.05, 4.69) is 6.92 Å². The molecule has 0 radical (unpaired) electrons. The number of rotatable bonds is 5. The van der Waals surface area contributed by atoms with Gasteiger partial charge in [0.05, 0.1) is 0 Å². The summed E-state index contributed by atoms with van der Waals surface area (Å²) < 4.78 is 5.03. The van der Waals surface area contributed by atoms with Crippen LogP contribution in [0.2, 0.25) is 0 Å². The van der Waals surface area contributed by atoms with E-state index in [1.54, 1.807) is 7.11 Å². The molecule has 2 N–H and O–H groups in total. The minimum absolute atomic E-state index is 0.380. The van der Waals surface area contributed by atoms with Crippen LogP contribution >= 0.6 is 0 Å². The van der Waals surface area contributed by atoms with E-state index in [0.29, 0.717) is 11.5 Å². The zero-order valence-electron chi connectivity index (χ0n) is 9.01. The van der Waals surface area contributed by atoms with E-state index < -0.39 is 0 Å². The minimum Gasteiger partial charge on any atom is -0.385 e. The first-order valence-corrected chi connectivity index (χ1v) is 5.43. The molecular formula is C11H23NO. The van der Waals surface area contributed by atoms with Gasteiger partial charge in [-0.2, -0.15) is 0 Å². The summed E-state index contributed by atoms with van der Waals surface area (Å²) in [6.07, 6.45) is 7.60. The third-order valence-electron chi connectivity index (χ3n) is 3.50. The number of ether oxygens (including phenoxy) is 1. The largest absolute Gasteiger partial charge is 0.385 e. The Morgan fingerprint density at radius 2 is 2.00 bits per heavy atom. The number of nitrogens with two attached hydrogens (primary N) is 1. The molecule has 2 heteroatoms. The van der Waals surface area contributed by atoms with Gasteiger partial charge in [-0.3, -0.25) is 0 Å². The van der Waals surface area contributed by atoms with E-state index in [4.69, 9.17) is 10.5 Å². The first-order valence-electron chi connectivity index (χ1n) is 5.43. The van der Waals surface area contributed by atoms with E-state index in [0.717, 1.165) is 19.4 Å². The van der Waals surface area contributed by atoms with Gasteiger partial charge in [-0.1, -0.05) is 19.8 Å². The number of hydrogen-bond donors (Lipinski definition) is 1. The Morgan fingerprint density at radius 3 is 2.54 bits per heavy atom. The quantitative estimate of drug-likeness (QED) is 0.667. The van der Waals surface area contributed by atoms with Crippen LogP contribution < -0.4 is 5.73 Å². The molecule has 0 aromatic carbocycles. The van der Waals surface area contributed by atoms with Crippen molar-refractivity contribution in [2.45, 2.75) is 51.5 Å². The third kappa shape index (κ3) is 2.96. The van der Waals surface area contributed by atoms with Crippen molar-refractivity contribution >= 4 is 0 Å². The van der Waals surface area contributed by atoms with E-state index in [-0.39, 0.29) is 0 Å². The Balaban J connectivity index is 2.24. The van der Waals surface area contributed by atoms with Crippen molar-refractivity contribution in [2.24, 2.45) is 11.1 Å². The van der Waals surface area contributed by atoms with Crippen molar-refractivity contribution in [3.63, 3.8) is 0 Å². The zero-order chi connectivity index (χ0) is 9.73. The number of methoxy groups -OCH3 is 1.